The maximum atomic E-state index is 11.1. The lowest BCUT2D eigenvalue weighted by Gasteiger charge is -2.26. The molecule has 1 rings (SSSR count). The Hall–Kier alpha value is -1.39. The van der Waals surface area contributed by atoms with Gasteiger partial charge in [0.2, 0.25) is 0 Å². The Morgan fingerprint density at radius 3 is 2.50 bits per heavy atom. The number of aliphatic carboxylic acids is 1. The first kappa shape index (κ1) is 12.7. The predicted octanol–water partition coefficient (Wildman–Crippen LogP) is 1.05. The second-order valence-corrected chi connectivity index (χ2v) is 3.69. The van der Waals surface area contributed by atoms with Crippen molar-refractivity contribution in [1.82, 2.24) is 0 Å². The molecule has 4 nitrogen and oxygen atoms in total. The van der Waals surface area contributed by atoms with Crippen LogP contribution in [0, 0.1) is 0 Å². The summed E-state index contributed by atoms with van der Waals surface area (Å²) in [7, 11) is 1.38. The average molecular weight is 223 g/mol. The molecule has 0 radical (unpaired) electrons. The summed E-state index contributed by atoms with van der Waals surface area (Å²) in [5, 5.41) is 9.10. The van der Waals surface area contributed by atoms with Crippen LogP contribution in [-0.4, -0.2) is 30.3 Å². The van der Waals surface area contributed by atoms with Gasteiger partial charge in [-0.25, -0.2) is 4.79 Å². The van der Waals surface area contributed by atoms with Gasteiger partial charge in [-0.2, -0.15) is 0 Å². The van der Waals surface area contributed by atoms with Crippen LogP contribution in [0.3, 0.4) is 0 Å². The number of benzene rings is 1. The summed E-state index contributed by atoms with van der Waals surface area (Å²) >= 11 is 0. The molecule has 0 aliphatic rings. The molecule has 1 unspecified atom stereocenters. The van der Waals surface area contributed by atoms with Crippen LogP contribution >= 0.6 is 0 Å². The molecule has 1 aromatic carbocycles. The van der Waals surface area contributed by atoms with E-state index < -0.39 is 11.6 Å². The van der Waals surface area contributed by atoms with Crippen molar-refractivity contribution < 1.29 is 14.6 Å². The second-order valence-electron chi connectivity index (χ2n) is 3.69. The van der Waals surface area contributed by atoms with Crippen molar-refractivity contribution >= 4 is 5.97 Å². The topological polar surface area (TPSA) is 72.5 Å². The SMILES string of the molecule is COC(CN)(CCc1ccccc1)C(=O)O. The zero-order chi connectivity index (χ0) is 12.0. The number of hydrogen-bond donors (Lipinski definition) is 2. The number of rotatable bonds is 6. The van der Waals surface area contributed by atoms with Gasteiger partial charge in [0.25, 0.3) is 0 Å². The van der Waals surface area contributed by atoms with E-state index in [9.17, 15) is 4.79 Å². The number of carboxylic acid groups (broad SMARTS) is 1. The Labute approximate surface area is 95.0 Å². The third kappa shape index (κ3) is 2.81. The molecule has 1 atom stereocenters. The summed E-state index contributed by atoms with van der Waals surface area (Å²) in [6, 6.07) is 9.69. The number of ether oxygens (including phenoxy) is 1. The molecule has 0 bridgehead atoms. The van der Waals surface area contributed by atoms with Gasteiger partial charge in [-0.3, -0.25) is 0 Å². The van der Waals surface area contributed by atoms with E-state index in [1.807, 2.05) is 30.3 Å². The zero-order valence-corrected chi connectivity index (χ0v) is 9.35. The molecule has 88 valence electrons. The normalized spacial score (nSPS) is 14.4. The lowest BCUT2D eigenvalue weighted by Crippen LogP contribution is -2.47. The Morgan fingerprint density at radius 1 is 1.44 bits per heavy atom. The largest absolute Gasteiger partial charge is 0.479 e. The van der Waals surface area contributed by atoms with Gasteiger partial charge in [0.05, 0.1) is 0 Å². The summed E-state index contributed by atoms with van der Waals surface area (Å²) in [6.07, 6.45) is 1.01. The fraction of sp³-hybridized carbons (Fsp3) is 0.417. The van der Waals surface area contributed by atoms with E-state index in [1.165, 1.54) is 7.11 Å². The predicted molar refractivity (Wildman–Crippen MR) is 61.2 cm³/mol. The lowest BCUT2D eigenvalue weighted by atomic mass is 9.95. The number of methoxy groups -OCH3 is 1. The first-order valence-corrected chi connectivity index (χ1v) is 5.17. The highest BCUT2D eigenvalue weighted by molar-refractivity contribution is 5.77. The third-order valence-electron chi connectivity index (χ3n) is 2.77. The van der Waals surface area contributed by atoms with E-state index in [2.05, 4.69) is 0 Å². The number of hydrogen-bond acceptors (Lipinski definition) is 3. The van der Waals surface area contributed by atoms with Gasteiger partial charge in [-0.15, -0.1) is 0 Å². The van der Waals surface area contributed by atoms with E-state index in [0.717, 1.165) is 5.56 Å². The van der Waals surface area contributed by atoms with Crippen molar-refractivity contribution in [3.8, 4) is 0 Å². The van der Waals surface area contributed by atoms with Crippen molar-refractivity contribution in [2.45, 2.75) is 18.4 Å². The Morgan fingerprint density at radius 2 is 2.06 bits per heavy atom. The minimum atomic E-state index is -1.27. The smallest absolute Gasteiger partial charge is 0.337 e. The Kier molecular flexibility index (Phi) is 4.46. The molecule has 16 heavy (non-hydrogen) atoms. The maximum Gasteiger partial charge on any atom is 0.337 e. The highest BCUT2D eigenvalue weighted by Gasteiger charge is 2.36. The molecule has 0 saturated carbocycles. The van der Waals surface area contributed by atoms with Gasteiger partial charge < -0.3 is 15.6 Å². The number of nitrogens with two attached hydrogens (primary N) is 1. The zero-order valence-electron chi connectivity index (χ0n) is 9.35. The standard InChI is InChI=1S/C12H17NO3/c1-16-12(9-13,11(14)15)8-7-10-5-3-2-4-6-10/h2-6H,7-9,13H2,1H3,(H,14,15). The van der Waals surface area contributed by atoms with Crippen LogP contribution in [-0.2, 0) is 16.0 Å². The van der Waals surface area contributed by atoms with Crippen LogP contribution in [0.15, 0.2) is 30.3 Å². The van der Waals surface area contributed by atoms with Crippen LogP contribution in [0.5, 0.6) is 0 Å². The van der Waals surface area contributed by atoms with Crippen LogP contribution in [0.25, 0.3) is 0 Å². The van der Waals surface area contributed by atoms with Crippen molar-refractivity contribution in [3.63, 3.8) is 0 Å². The number of aryl methyl sites for hydroxylation is 1. The lowest BCUT2D eigenvalue weighted by molar-refractivity contribution is -0.161. The van der Waals surface area contributed by atoms with E-state index in [-0.39, 0.29) is 6.54 Å². The second kappa shape index (κ2) is 5.63. The highest BCUT2D eigenvalue weighted by Crippen LogP contribution is 2.17. The molecule has 0 aliphatic carbocycles. The van der Waals surface area contributed by atoms with Crippen LogP contribution in [0.2, 0.25) is 0 Å². The minimum absolute atomic E-state index is 0.0222. The summed E-state index contributed by atoms with van der Waals surface area (Å²) < 4.78 is 5.05. The van der Waals surface area contributed by atoms with Crippen molar-refractivity contribution in [2.24, 2.45) is 5.73 Å². The van der Waals surface area contributed by atoms with Gasteiger partial charge in [-0.1, -0.05) is 30.3 Å². The molecule has 0 aliphatic heterocycles. The van der Waals surface area contributed by atoms with Gasteiger partial charge in [0.15, 0.2) is 5.60 Å². The molecule has 4 heteroatoms. The molecule has 0 heterocycles. The van der Waals surface area contributed by atoms with E-state index >= 15 is 0 Å². The molecular weight excluding hydrogens is 206 g/mol. The molecule has 0 saturated heterocycles. The Bertz CT molecular complexity index is 333. The van der Waals surface area contributed by atoms with Crippen molar-refractivity contribution in [1.29, 1.82) is 0 Å². The maximum absolute atomic E-state index is 11.1. The quantitative estimate of drug-likeness (QED) is 0.756. The van der Waals surface area contributed by atoms with Crippen molar-refractivity contribution in [3.05, 3.63) is 35.9 Å². The molecule has 0 amide bonds. The van der Waals surface area contributed by atoms with E-state index in [4.69, 9.17) is 15.6 Å². The van der Waals surface area contributed by atoms with E-state index in [1.54, 1.807) is 0 Å². The Balaban J connectivity index is 2.67. The first-order chi connectivity index (χ1) is 7.64. The van der Waals surface area contributed by atoms with Gasteiger partial charge >= 0.3 is 5.97 Å². The minimum Gasteiger partial charge on any atom is -0.479 e. The van der Waals surface area contributed by atoms with Gasteiger partial charge in [0.1, 0.15) is 0 Å². The molecule has 0 fully saturated rings. The molecule has 0 spiro atoms. The summed E-state index contributed by atoms with van der Waals surface area (Å²) in [5.41, 5.74) is 5.29. The summed E-state index contributed by atoms with van der Waals surface area (Å²) in [5.74, 6) is -1.01. The monoisotopic (exact) mass is 223 g/mol. The number of carbonyl (C=O) groups is 1. The summed E-state index contributed by atoms with van der Waals surface area (Å²) in [4.78, 5) is 11.1. The van der Waals surface area contributed by atoms with Gasteiger partial charge in [-0.05, 0) is 18.4 Å². The first-order valence-electron chi connectivity index (χ1n) is 5.17. The van der Waals surface area contributed by atoms with Gasteiger partial charge in [0, 0.05) is 13.7 Å². The molecule has 3 N–H and O–H groups in total. The third-order valence-corrected chi connectivity index (χ3v) is 2.77. The van der Waals surface area contributed by atoms with Crippen molar-refractivity contribution in [2.75, 3.05) is 13.7 Å². The summed E-state index contributed by atoms with van der Waals surface area (Å²) in [6.45, 7) is -0.0222. The fourth-order valence-corrected chi connectivity index (χ4v) is 1.56. The fourth-order valence-electron chi connectivity index (χ4n) is 1.56. The highest BCUT2D eigenvalue weighted by atomic mass is 16.5. The molecule has 0 aromatic heterocycles. The molecular formula is C12H17NO3. The van der Waals surface area contributed by atoms with Crippen LogP contribution in [0.4, 0.5) is 0 Å². The number of carboxylic acids is 1. The molecule has 1 aromatic rings. The van der Waals surface area contributed by atoms with E-state index in [0.29, 0.717) is 12.8 Å². The van der Waals surface area contributed by atoms with Crippen LogP contribution < -0.4 is 5.73 Å². The van der Waals surface area contributed by atoms with Crippen LogP contribution in [0.1, 0.15) is 12.0 Å². The average Bonchev–Trinajstić information content (AvgIpc) is 2.32.